The van der Waals surface area contributed by atoms with Gasteiger partial charge in [-0.1, -0.05) is 48.5 Å². The Morgan fingerprint density at radius 3 is 2.37 bits per heavy atom. The number of carbonyl (C=O) groups excluding carboxylic acids is 2. The maximum atomic E-state index is 12.9. The molecule has 0 bridgehead atoms. The Labute approximate surface area is 176 Å². The van der Waals surface area contributed by atoms with Gasteiger partial charge in [0, 0.05) is 11.6 Å². The molecular formula is C24H26N4O2. The lowest BCUT2D eigenvalue weighted by Crippen LogP contribution is -2.32. The summed E-state index contributed by atoms with van der Waals surface area (Å²) in [6.07, 6.45) is 4.25. The van der Waals surface area contributed by atoms with Crippen molar-refractivity contribution in [1.82, 2.24) is 15.1 Å². The molecule has 2 aromatic carbocycles. The maximum absolute atomic E-state index is 12.9. The summed E-state index contributed by atoms with van der Waals surface area (Å²) >= 11 is 0. The van der Waals surface area contributed by atoms with Crippen molar-refractivity contribution in [2.45, 2.75) is 38.3 Å². The lowest BCUT2D eigenvalue weighted by Gasteiger charge is -2.20. The first kappa shape index (κ1) is 19.9. The average molecular weight is 402 g/mol. The number of anilines is 1. The highest BCUT2D eigenvalue weighted by Gasteiger charge is 2.31. The molecule has 4 rings (SSSR count). The van der Waals surface area contributed by atoms with Crippen molar-refractivity contribution in [2.75, 3.05) is 5.32 Å². The summed E-state index contributed by atoms with van der Waals surface area (Å²) < 4.78 is 1.88. The van der Waals surface area contributed by atoms with Gasteiger partial charge in [-0.3, -0.25) is 9.59 Å². The van der Waals surface area contributed by atoms with Gasteiger partial charge in [0.15, 0.2) is 0 Å². The zero-order valence-electron chi connectivity index (χ0n) is 17.0. The van der Waals surface area contributed by atoms with Gasteiger partial charge in [0.2, 0.25) is 5.91 Å². The van der Waals surface area contributed by atoms with E-state index < -0.39 is 6.04 Å². The number of hydrogen-bond donors (Lipinski definition) is 2. The summed E-state index contributed by atoms with van der Waals surface area (Å²) in [7, 11) is 0. The van der Waals surface area contributed by atoms with Crippen molar-refractivity contribution in [3.05, 3.63) is 84.1 Å². The van der Waals surface area contributed by atoms with Crippen molar-refractivity contribution in [2.24, 2.45) is 5.92 Å². The number of rotatable bonds is 8. The molecule has 2 atom stereocenters. The number of benzene rings is 2. The van der Waals surface area contributed by atoms with Crippen LogP contribution in [-0.2, 0) is 4.79 Å². The van der Waals surface area contributed by atoms with E-state index in [1.54, 1.807) is 18.3 Å². The Balaban J connectivity index is 1.47. The third kappa shape index (κ3) is 4.76. The van der Waals surface area contributed by atoms with E-state index in [4.69, 9.17) is 0 Å². The van der Waals surface area contributed by atoms with Gasteiger partial charge >= 0.3 is 0 Å². The van der Waals surface area contributed by atoms with Crippen molar-refractivity contribution >= 4 is 17.6 Å². The molecule has 6 heteroatoms. The molecule has 6 nitrogen and oxygen atoms in total. The highest BCUT2D eigenvalue weighted by Crippen LogP contribution is 2.40. The molecule has 3 aromatic rings. The molecule has 1 aliphatic rings. The van der Waals surface area contributed by atoms with Gasteiger partial charge in [-0.15, -0.1) is 0 Å². The second-order valence-corrected chi connectivity index (χ2v) is 7.79. The third-order valence-electron chi connectivity index (χ3n) is 5.56. The lowest BCUT2D eigenvalue weighted by molar-refractivity contribution is -0.116. The second kappa shape index (κ2) is 8.95. The highest BCUT2D eigenvalue weighted by atomic mass is 16.2. The molecular weight excluding hydrogens is 376 g/mol. The number of nitrogens with zero attached hydrogens (tertiary/aromatic N) is 2. The van der Waals surface area contributed by atoms with Crippen molar-refractivity contribution in [1.29, 1.82) is 0 Å². The SMILES string of the molecule is CC(C1CC1)n1nccc1NC(=O)CC(NC(=O)c1ccccc1)c1ccccc1. The molecule has 0 radical (unpaired) electrons. The van der Waals surface area contributed by atoms with Crippen LogP contribution in [-0.4, -0.2) is 21.6 Å². The molecule has 1 heterocycles. The smallest absolute Gasteiger partial charge is 0.251 e. The molecule has 30 heavy (non-hydrogen) atoms. The Morgan fingerprint density at radius 2 is 1.70 bits per heavy atom. The van der Waals surface area contributed by atoms with E-state index in [2.05, 4.69) is 22.7 Å². The summed E-state index contributed by atoms with van der Waals surface area (Å²) in [6.45, 7) is 2.13. The second-order valence-electron chi connectivity index (χ2n) is 7.79. The summed E-state index contributed by atoms with van der Waals surface area (Å²) in [5, 5.41) is 10.4. The van der Waals surface area contributed by atoms with Crippen LogP contribution in [0.2, 0.25) is 0 Å². The minimum absolute atomic E-state index is 0.131. The fourth-order valence-corrected chi connectivity index (χ4v) is 3.66. The lowest BCUT2D eigenvalue weighted by atomic mass is 10.0. The number of nitrogens with one attached hydrogen (secondary N) is 2. The van der Waals surface area contributed by atoms with E-state index in [-0.39, 0.29) is 24.3 Å². The van der Waals surface area contributed by atoms with Crippen molar-refractivity contribution < 1.29 is 9.59 Å². The molecule has 0 saturated heterocycles. The van der Waals surface area contributed by atoms with Gasteiger partial charge in [-0.2, -0.15) is 5.10 Å². The van der Waals surface area contributed by atoms with Gasteiger partial charge in [0.1, 0.15) is 5.82 Å². The summed E-state index contributed by atoms with van der Waals surface area (Å²) in [6, 6.07) is 20.2. The number of hydrogen-bond acceptors (Lipinski definition) is 3. The molecule has 154 valence electrons. The predicted octanol–water partition coefficient (Wildman–Crippen LogP) is 4.35. The summed E-state index contributed by atoms with van der Waals surface area (Å²) in [4.78, 5) is 25.6. The number of aromatic nitrogens is 2. The monoisotopic (exact) mass is 402 g/mol. The summed E-state index contributed by atoms with van der Waals surface area (Å²) in [5.74, 6) is 0.954. The van der Waals surface area contributed by atoms with Crippen LogP contribution in [0.4, 0.5) is 5.82 Å². The topological polar surface area (TPSA) is 76.0 Å². The zero-order chi connectivity index (χ0) is 20.9. The largest absolute Gasteiger partial charge is 0.345 e. The Hall–Kier alpha value is -3.41. The number of carbonyl (C=O) groups is 2. The van der Waals surface area contributed by atoms with E-state index in [0.717, 1.165) is 5.56 Å². The van der Waals surface area contributed by atoms with Crippen LogP contribution in [0.25, 0.3) is 0 Å². The molecule has 1 aromatic heterocycles. The zero-order valence-corrected chi connectivity index (χ0v) is 17.0. The van der Waals surface area contributed by atoms with Gasteiger partial charge < -0.3 is 10.6 Å². The maximum Gasteiger partial charge on any atom is 0.251 e. The normalized spacial score (nSPS) is 15.2. The van der Waals surface area contributed by atoms with Gasteiger partial charge in [0.25, 0.3) is 5.91 Å². The average Bonchev–Trinajstić information content (AvgIpc) is 3.53. The Bertz CT molecular complexity index is 996. The molecule has 1 aliphatic carbocycles. The molecule has 2 amide bonds. The van der Waals surface area contributed by atoms with Gasteiger partial charge in [-0.25, -0.2) is 4.68 Å². The van der Waals surface area contributed by atoms with Crippen LogP contribution >= 0.6 is 0 Å². The van der Waals surface area contributed by atoms with Crippen LogP contribution in [0.5, 0.6) is 0 Å². The molecule has 0 aliphatic heterocycles. The van der Waals surface area contributed by atoms with E-state index in [9.17, 15) is 9.59 Å². The molecule has 1 fully saturated rings. The minimum Gasteiger partial charge on any atom is -0.345 e. The fraction of sp³-hybridized carbons (Fsp3) is 0.292. The first-order chi connectivity index (χ1) is 14.6. The van der Waals surface area contributed by atoms with Gasteiger partial charge in [0.05, 0.1) is 24.7 Å². The van der Waals surface area contributed by atoms with Crippen molar-refractivity contribution in [3.8, 4) is 0 Å². The first-order valence-corrected chi connectivity index (χ1v) is 10.4. The van der Waals surface area contributed by atoms with Crippen LogP contribution < -0.4 is 10.6 Å². The van der Waals surface area contributed by atoms with Crippen LogP contribution in [0, 0.1) is 5.92 Å². The standard InChI is InChI=1S/C24H26N4O2/c1-17(18-12-13-18)28-22(14-15-25-28)27-23(29)16-21(19-8-4-2-5-9-19)26-24(30)20-10-6-3-7-11-20/h2-11,14-15,17-18,21H,12-13,16H2,1H3,(H,26,30)(H,27,29). The quantitative estimate of drug-likeness (QED) is 0.588. The van der Waals surface area contributed by atoms with Crippen LogP contribution in [0.15, 0.2) is 72.9 Å². The Morgan fingerprint density at radius 1 is 1.03 bits per heavy atom. The van der Waals surface area contributed by atoms with Crippen LogP contribution in [0.1, 0.15) is 54.2 Å². The Kier molecular flexibility index (Phi) is 5.93. The van der Waals surface area contributed by atoms with Gasteiger partial charge in [-0.05, 0) is 43.4 Å². The van der Waals surface area contributed by atoms with E-state index in [1.807, 2.05) is 59.3 Å². The summed E-state index contributed by atoms with van der Waals surface area (Å²) in [5.41, 5.74) is 1.45. The molecule has 2 N–H and O–H groups in total. The van der Waals surface area contributed by atoms with E-state index >= 15 is 0 Å². The van der Waals surface area contributed by atoms with E-state index in [1.165, 1.54) is 12.8 Å². The highest BCUT2D eigenvalue weighted by molar-refractivity contribution is 5.95. The molecule has 0 spiro atoms. The minimum atomic E-state index is -0.434. The van der Waals surface area contributed by atoms with Crippen molar-refractivity contribution in [3.63, 3.8) is 0 Å². The van der Waals surface area contributed by atoms with Crippen LogP contribution in [0.3, 0.4) is 0 Å². The number of amides is 2. The van der Waals surface area contributed by atoms with E-state index in [0.29, 0.717) is 17.3 Å². The first-order valence-electron chi connectivity index (χ1n) is 10.4. The predicted molar refractivity (Wildman–Crippen MR) is 116 cm³/mol. The molecule has 1 saturated carbocycles. The fourth-order valence-electron chi connectivity index (χ4n) is 3.66. The molecule has 2 unspecified atom stereocenters. The third-order valence-corrected chi connectivity index (χ3v) is 5.56.